The first-order valence-corrected chi connectivity index (χ1v) is 6.18. The maximum Gasteiger partial charge on any atom is 0.356 e. The van der Waals surface area contributed by atoms with Crippen LogP contribution in [0, 0.1) is 6.92 Å². The van der Waals surface area contributed by atoms with E-state index >= 15 is 0 Å². The van der Waals surface area contributed by atoms with E-state index in [4.69, 9.17) is 22.1 Å². The summed E-state index contributed by atoms with van der Waals surface area (Å²) in [4.78, 5) is 15.5. The minimum absolute atomic E-state index is 0.128. The van der Waals surface area contributed by atoms with Gasteiger partial charge >= 0.3 is 5.97 Å². The van der Waals surface area contributed by atoms with Gasteiger partial charge in [-0.3, -0.25) is 0 Å². The van der Waals surface area contributed by atoms with Gasteiger partial charge in [0, 0.05) is 5.02 Å². The number of pyridine rings is 1. The summed E-state index contributed by atoms with van der Waals surface area (Å²) in [6.07, 6.45) is 0. The number of hydrogen-bond acceptors (Lipinski definition) is 5. The van der Waals surface area contributed by atoms with Crippen LogP contribution in [0.2, 0.25) is 5.02 Å². The molecule has 6 heteroatoms. The van der Waals surface area contributed by atoms with Crippen molar-refractivity contribution < 1.29 is 14.3 Å². The first-order chi connectivity index (χ1) is 9.51. The van der Waals surface area contributed by atoms with E-state index in [9.17, 15) is 4.79 Å². The molecule has 1 aromatic carbocycles. The lowest BCUT2D eigenvalue weighted by molar-refractivity contribution is 0.0593. The summed E-state index contributed by atoms with van der Waals surface area (Å²) in [5.74, 6) is 0.164. The third-order valence-electron chi connectivity index (χ3n) is 2.63. The Morgan fingerprint density at radius 2 is 2.05 bits per heavy atom. The molecule has 0 fully saturated rings. The van der Waals surface area contributed by atoms with Crippen molar-refractivity contribution in [1.29, 1.82) is 0 Å². The van der Waals surface area contributed by atoms with Crippen molar-refractivity contribution in [3.63, 3.8) is 0 Å². The monoisotopic (exact) mass is 292 g/mol. The van der Waals surface area contributed by atoms with Gasteiger partial charge in [0.1, 0.15) is 5.75 Å². The topological polar surface area (TPSA) is 74.4 Å². The molecule has 0 aliphatic carbocycles. The molecule has 0 amide bonds. The minimum Gasteiger partial charge on any atom is -0.464 e. The third-order valence-corrected chi connectivity index (χ3v) is 2.86. The van der Waals surface area contributed by atoms with E-state index in [2.05, 4.69) is 9.72 Å². The lowest BCUT2D eigenvalue weighted by Crippen LogP contribution is -2.06. The van der Waals surface area contributed by atoms with Crippen LogP contribution in [0.25, 0.3) is 0 Å². The van der Waals surface area contributed by atoms with Crippen molar-refractivity contribution in [3.05, 3.63) is 46.6 Å². The van der Waals surface area contributed by atoms with Crippen molar-refractivity contribution in [2.75, 3.05) is 12.8 Å². The molecule has 0 aliphatic rings. The van der Waals surface area contributed by atoms with Crippen molar-refractivity contribution in [1.82, 2.24) is 4.98 Å². The number of ether oxygens (including phenoxy) is 2. The Morgan fingerprint density at radius 1 is 1.30 bits per heavy atom. The number of anilines is 1. The lowest BCUT2D eigenvalue weighted by atomic mass is 10.2. The molecule has 0 bridgehead atoms. The molecule has 2 N–H and O–H groups in total. The van der Waals surface area contributed by atoms with Gasteiger partial charge in [0.15, 0.2) is 5.69 Å². The van der Waals surface area contributed by atoms with E-state index in [1.54, 1.807) is 24.3 Å². The van der Waals surface area contributed by atoms with E-state index in [1.807, 2.05) is 6.92 Å². The molecule has 0 saturated carbocycles. The van der Waals surface area contributed by atoms with Crippen LogP contribution in [0.1, 0.15) is 16.1 Å². The van der Waals surface area contributed by atoms with Crippen LogP contribution >= 0.6 is 11.6 Å². The zero-order valence-corrected chi connectivity index (χ0v) is 11.8. The summed E-state index contributed by atoms with van der Waals surface area (Å²) >= 11 is 5.88. The smallest absolute Gasteiger partial charge is 0.356 e. The summed E-state index contributed by atoms with van der Waals surface area (Å²) in [7, 11) is 1.28. The molecule has 0 saturated heterocycles. The number of halogens is 1. The molecule has 2 aromatic rings. The van der Waals surface area contributed by atoms with Gasteiger partial charge < -0.3 is 15.2 Å². The zero-order valence-electron chi connectivity index (χ0n) is 11.0. The highest BCUT2D eigenvalue weighted by Gasteiger charge is 2.12. The first-order valence-electron chi connectivity index (χ1n) is 5.80. The van der Waals surface area contributed by atoms with Crippen LogP contribution in [0.15, 0.2) is 30.3 Å². The van der Waals surface area contributed by atoms with Gasteiger partial charge in [-0.05, 0) is 42.8 Å². The predicted molar refractivity (Wildman–Crippen MR) is 76.3 cm³/mol. The van der Waals surface area contributed by atoms with Gasteiger partial charge in [0.05, 0.1) is 12.8 Å². The summed E-state index contributed by atoms with van der Waals surface area (Å²) in [5, 5.41) is 0.610. The van der Waals surface area contributed by atoms with Crippen LogP contribution in [-0.2, 0) is 4.74 Å². The van der Waals surface area contributed by atoms with E-state index in [0.717, 1.165) is 5.56 Å². The van der Waals surface area contributed by atoms with E-state index in [1.165, 1.54) is 13.2 Å². The largest absolute Gasteiger partial charge is 0.464 e. The number of nitrogens with two attached hydrogens (primary N) is 1. The van der Waals surface area contributed by atoms with Crippen molar-refractivity contribution in [2.24, 2.45) is 0 Å². The molecular formula is C14H13ClN2O3. The Bertz CT molecular complexity index is 659. The second-order valence-corrected chi connectivity index (χ2v) is 4.53. The first kappa shape index (κ1) is 14.1. The van der Waals surface area contributed by atoms with Gasteiger partial charge in [0.25, 0.3) is 0 Å². The van der Waals surface area contributed by atoms with E-state index in [-0.39, 0.29) is 11.6 Å². The van der Waals surface area contributed by atoms with Gasteiger partial charge in [-0.1, -0.05) is 11.6 Å². The number of esters is 1. The van der Waals surface area contributed by atoms with Crippen LogP contribution in [0.5, 0.6) is 11.6 Å². The average molecular weight is 293 g/mol. The maximum absolute atomic E-state index is 11.4. The van der Waals surface area contributed by atoms with Gasteiger partial charge in [-0.2, -0.15) is 0 Å². The molecule has 5 nitrogen and oxygen atoms in total. The Labute approximate surface area is 121 Å². The summed E-state index contributed by atoms with van der Waals surface area (Å²) in [6, 6.07) is 8.19. The van der Waals surface area contributed by atoms with Gasteiger partial charge in [-0.15, -0.1) is 0 Å². The van der Waals surface area contributed by atoms with Gasteiger partial charge in [-0.25, -0.2) is 9.78 Å². The second-order valence-electron chi connectivity index (χ2n) is 4.09. The van der Waals surface area contributed by atoms with E-state index < -0.39 is 5.97 Å². The number of rotatable bonds is 3. The minimum atomic E-state index is -0.553. The molecule has 2 rings (SSSR count). The van der Waals surface area contributed by atoms with Crippen LogP contribution < -0.4 is 10.5 Å². The number of aromatic nitrogens is 1. The normalized spacial score (nSPS) is 10.2. The van der Waals surface area contributed by atoms with Gasteiger partial charge in [0.2, 0.25) is 5.88 Å². The highest BCUT2D eigenvalue weighted by atomic mass is 35.5. The Balaban J connectivity index is 2.35. The van der Waals surface area contributed by atoms with Crippen LogP contribution in [0.3, 0.4) is 0 Å². The number of aryl methyl sites for hydroxylation is 1. The number of nitrogens with zero attached hydrogens (tertiary/aromatic N) is 1. The Hall–Kier alpha value is -2.27. The standard InChI is InChI=1S/C14H13ClN2O3/c1-8-7-9(15)3-6-12(8)20-13-10(16)4-5-11(17-13)14(18)19-2/h3-7H,16H2,1-2H3. The maximum atomic E-state index is 11.4. The highest BCUT2D eigenvalue weighted by Crippen LogP contribution is 2.29. The summed E-state index contributed by atoms with van der Waals surface area (Å²) < 4.78 is 10.2. The molecule has 1 heterocycles. The zero-order chi connectivity index (χ0) is 14.7. The molecule has 20 heavy (non-hydrogen) atoms. The fourth-order valence-electron chi connectivity index (χ4n) is 1.58. The quantitative estimate of drug-likeness (QED) is 0.879. The van der Waals surface area contributed by atoms with Crippen LogP contribution in [0.4, 0.5) is 5.69 Å². The molecule has 0 radical (unpaired) electrons. The SMILES string of the molecule is COC(=O)c1ccc(N)c(Oc2ccc(Cl)cc2C)n1. The number of methoxy groups -OCH3 is 1. The second kappa shape index (κ2) is 5.79. The Morgan fingerprint density at radius 3 is 2.70 bits per heavy atom. The molecule has 0 spiro atoms. The Kier molecular flexibility index (Phi) is 4.10. The molecule has 104 valence electrons. The number of carbonyl (C=O) groups is 1. The fraction of sp³-hybridized carbons (Fsp3) is 0.143. The summed E-state index contributed by atoms with van der Waals surface area (Å²) in [6.45, 7) is 1.85. The molecule has 0 atom stereocenters. The van der Waals surface area contributed by atoms with Crippen molar-refractivity contribution in [2.45, 2.75) is 6.92 Å². The van der Waals surface area contributed by atoms with Crippen molar-refractivity contribution in [3.8, 4) is 11.6 Å². The average Bonchev–Trinajstić information content (AvgIpc) is 2.43. The lowest BCUT2D eigenvalue weighted by Gasteiger charge is -2.10. The number of carbonyl (C=O) groups excluding carboxylic acids is 1. The highest BCUT2D eigenvalue weighted by molar-refractivity contribution is 6.30. The molecule has 0 aliphatic heterocycles. The number of nitrogen functional groups attached to an aromatic ring is 1. The van der Waals surface area contributed by atoms with E-state index in [0.29, 0.717) is 16.5 Å². The molecule has 0 unspecified atom stereocenters. The molecular weight excluding hydrogens is 280 g/mol. The molecule has 1 aromatic heterocycles. The number of benzene rings is 1. The van der Waals surface area contributed by atoms with Crippen molar-refractivity contribution >= 4 is 23.3 Å². The fourth-order valence-corrected chi connectivity index (χ4v) is 1.81. The van der Waals surface area contributed by atoms with Crippen LogP contribution in [-0.4, -0.2) is 18.1 Å². The predicted octanol–water partition coefficient (Wildman–Crippen LogP) is 3.20. The third kappa shape index (κ3) is 3.00. The summed E-state index contributed by atoms with van der Waals surface area (Å²) in [5.41, 5.74) is 7.08. The number of hydrogen-bond donors (Lipinski definition) is 1.